The van der Waals surface area contributed by atoms with Crippen molar-refractivity contribution < 1.29 is 18.9 Å². The summed E-state index contributed by atoms with van der Waals surface area (Å²) in [7, 11) is 6.84. The number of allylic oxidation sites excluding steroid dienone is 9. The standard InChI is InChI=1S/C51H58N2O4/c1-11-38-39-30-44(54-7)45(55-8)31-41(39)50(3,4)40(38)28-26-34-20-19-21-35(49(34)53(36-22-15-13-16-23-36)37-24-17-14-18-25-37)27-29-48-51(5,6)42-32-46(56-9)47(57-10)33-43(42)52(48)12-2/h13-18,22-33H,11-12,19-21H2,1-10H3/b28-26+,35-27+,48-29-. The molecule has 1 heterocycles. The lowest BCUT2D eigenvalue weighted by Gasteiger charge is -2.34. The van der Waals surface area contributed by atoms with E-state index < -0.39 is 0 Å². The summed E-state index contributed by atoms with van der Waals surface area (Å²) in [6, 6.07) is 30.2. The van der Waals surface area contributed by atoms with Crippen LogP contribution in [0.4, 0.5) is 17.1 Å². The highest BCUT2D eigenvalue weighted by Crippen LogP contribution is 2.53. The van der Waals surface area contributed by atoms with Crippen LogP contribution in [0.15, 0.2) is 137 Å². The Morgan fingerprint density at radius 3 is 1.77 bits per heavy atom. The molecule has 0 atom stereocenters. The first-order valence-corrected chi connectivity index (χ1v) is 20.3. The van der Waals surface area contributed by atoms with E-state index in [4.69, 9.17) is 18.9 Å². The number of anilines is 3. The van der Waals surface area contributed by atoms with Gasteiger partial charge in [0.15, 0.2) is 23.0 Å². The molecule has 4 aromatic rings. The SMILES string of the molecule is CCC1=C(/C=C/C2=C(N(c3ccccc3)c3ccccc3)C(=C/C=C3\N(CC)c4cc(OC)c(OC)cc4C3(C)C)/CCC2)C(C)(C)c2cc(OC)c(OC)cc21. The first-order chi connectivity index (χ1) is 27.5. The maximum Gasteiger partial charge on any atom is 0.162 e. The Kier molecular flexibility index (Phi) is 11.2. The van der Waals surface area contributed by atoms with Crippen LogP contribution in [0.2, 0.25) is 0 Å². The fourth-order valence-corrected chi connectivity index (χ4v) is 9.29. The van der Waals surface area contributed by atoms with E-state index in [0.29, 0.717) is 0 Å². The van der Waals surface area contributed by atoms with E-state index in [0.717, 1.165) is 66.6 Å². The molecule has 0 amide bonds. The Hall–Kier alpha value is -5.62. The molecule has 7 rings (SSSR count). The average molecular weight is 763 g/mol. The van der Waals surface area contributed by atoms with Gasteiger partial charge in [0.05, 0.1) is 34.1 Å². The second-order valence-corrected chi connectivity index (χ2v) is 16.0. The number of fused-ring (bicyclic) bond motifs is 2. The van der Waals surface area contributed by atoms with Crippen LogP contribution in [0, 0.1) is 0 Å². The summed E-state index contributed by atoms with van der Waals surface area (Å²) in [5, 5.41) is 0. The fraction of sp³-hybridized carbons (Fsp3) is 0.333. The van der Waals surface area contributed by atoms with Crippen molar-refractivity contribution in [1.82, 2.24) is 0 Å². The quantitative estimate of drug-likeness (QED) is 0.143. The Labute approximate surface area is 340 Å². The van der Waals surface area contributed by atoms with Gasteiger partial charge >= 0.3 is 0 Å². The average Bonchev–Trinajstić information content (AvgIpc) is 3.58. The molecule has 0 unspecified atom stereocenters. The van der Waals surface area contributed by atoms with Gasteiger partial charge in [0.2, 0.25) is 0 Å². The first kappa shape index (κ1) is 39.6. The maximum absolute atomic E-state index is 5.78. The largest absolute Gasteiger partial charge is 0.493 e. The van der Waals surface area contributed by atoms with Crippen molar-refractivity contribution in [2.75, 3.05) is 44.8 Å². The Morgan fingerprint density at radius 1 is 0.649 bits per heavy atom. The molecule has 0 saturated heterocycles. The predicted octanol–water partition coefficient (Wildman–Crippen LogP) is 12.6. The second kappa shape index (κ2) is 16.1. The van der Waals surface area contributed by atoms with Crippen molar-refractivity contribution in [1.29, 1.82) is 0 Å². The molecule has 0 fully saturated rings. The molecule has 0 spiro atoms. The molecule has 4 aromatic carbocycles. The molecule has 6 heteroatoms. The molecule has 296 valence electrons. The molecule has 2 aliphatic carbocycles. The number of para-hydroxylation sites is 2. The molecular weight excluding hydrogens is 705 g/mol. The molecule has 0 N–H and O–H groups in total. The molecule has 0 saturated carbocycles. The minimum atomic E-state index is -0.251. The molecule has 0 bridgehead atoms. The molecule has 1 aliphatic heterocycles. The van der Waals surface area contributed by atoms with Crippen LogP contribution < -0.4 is 28.7 Å². The topological polar surface area (TPSA) is 43.4 Å². The van der Waals surface area contributed by atoms with E-state index in [1.165, 1.54) is 56.1 Å². The van der Waals surface area contributed by atoms with Crippen molar-refractivity contribution >= 4 is 22.6 Å². The summed E-state index contributed by atoms with van der Waals surface area (Å²) in [6.45, 7) is 14.6. The third-order valence-electron chi connectivity index (χ3n) is 12.2. The van der Waals surface area contributed by atoms with Crippen LogP contribution in [0.25, 0.3) is 5.57 Å². The molecule has 6 nitrogen and oxygen atoms in total. The Balaban J connectivity index is 1.42. The van der Waals surface area contributed by atoms with Gasteiger partial charge in [0, 0.05) is 46.2 Å². The minimum Gasteiger partial charge on any atom is -0.493 e. The third-order valence-corrected chi connectivity index (χ3v) is 12.2. The van der Waals surface area contributed by atoms with Crippen LogP contribution in [0.1, 0.15) is 83.9 Å². The Bertz CT molecular complexity index is 2250. The highest BCUT2D eigenvalue weighted by molar-refractivity contribution is 5.84. The summed E-state index contributed by atoms with van der Waals surface area (Å²) in [5.41, 5.74) is 14.5. The number of hydrogen-bond donors (Lipinski definition) is 0. The highest BCUT2D eigenvalue weighted by Gasteiger charge is 2.41. The molecular formula is C51H58N2O4. The summed E-state index contributed by atoms with van der Waals surface area (Å²) < 4.78 is 23.1. The van der Waals surface area contributed by atoms with Crippen molar-refractivity contribution in [2.24, 2.45) is 0 Å². The van der Waals surface area contributed by atoms with Crippen molar-refractivity contribution in [3.8, 4) is 23.0 Å². The van der Waals surface area contributed by atoms with Crippen molar-refractivity contribution in [3.05, 3.63) is 154 Å². The van der Waals surface area contributed by atoms with Crippen LogP contribution in [-0.4, -0.2) is 35.0 Å². The number of nitrogens with zero attached hydrogens (tertiary/aromatic N) is 2. The number of likely N-dealkylation sites (N-methyl/N-ethyl adjacent to an activating group) is 1. The molecule has 57 heavy (non-hydrogen) atoms. The van der Waals surface area contributed by atoms with E-state index in [9.17, 15) is 0 Å². The van der Waals surface area contributed by atoms with E-state index >= 15 is 0 Å². The van der Waals surface area contributed by atoms with E-state index in [1.54, 1.807) is 28.4 Å². The Morgan fingerprint density at radius 2 is 1.21 bits per heavy atom. The van der Waals surface area contributed by atoms with Crippen LogP contribution in [0.3, 0.4) is 0 Å². The van der Waals surface area contributed by atoms with Gasteiger partial charge in [-0.05, 0) is 120 Å². The number of ether oxygens (including phenoxy) is 4. The van der Waals surface area contributed by atoms with Gasteiger partial charge in [-0.15, -0.1) is 0 Å². The monoisotopic (exact) mass is 762 g/mol. The highest BCUT2D eigenvalue weighted by atomic mass is 16.5. The second-order valence-electron chi connectivity index (χ2n) is 16.0. The summed E-state index contributed by atoms with van der Waals surface area (Å²) in [6.07, 6.45) is 13.5. The van der Waals surface area contributed by atoms with Gasteiger partial charge in [0.1, 0.15) is 0 Å². The number of benzene rings is 4. The molecule has 0 aromatic heterocycles. The lowest BCUT2D eigenvalue weighted by atomic mass is 9.80. The fourth-order valence-electron chi connectivity index (χ4n) is 9.29. The maximum atomic E-state index is 5.78. The van der Waals surface area contributed by atoms with Gasteiger partial charge in [-0.3, -0.25) is 0 Å². The van der Waals surface area contributed by atoms with Crippen LogP contribution in [-0.2, 0) is 10.8 Å². The minimum absolute atomic E-state index is 0.216. The van der Waals surface area contributed by atoms with E-state index in [2.05, 4.69) is 161 Å². The third kappa shape index (κ3) is 6.94. The smallest absolute Gasteiger partial charge is 0.162 e. The number of rotatable bonds is 12. The van der Waals surface area contributed by atoms with Crippen molar-refractivity contribution in [2.45, 2.75) is 78.1 Å². The van der Waals surface area contributed by atoms with Gasteiger partial charge in [-0.2, -0.15) is 0 Å². The lowest BCUT2D eigenvalue weighted by Crippen LogP contribution is -2.26. The normalized spacial score (nSPS) is 18.4. The van der Waals surface area contributed by atoms with Crippen LogP contribution in [0.5, 0.6) is 23.0 Å². The van der Waals surface area contributed by atoms with Gasteiger partial charge < -0.3 is 28.7 Å². The van der Waals surface area contributed by atoms with Gasteiger partial charge in [-0.1, -0.05) is 89.2 Å². The van der Waals surface area contributed by atoms with Gasteiger partial charge in [-0.25, -0.2) is 0 Å². The summed E-state index contributed by atoms with van der Waals surface area (Å²) in [4.78, 5) is 4.89. The summed E-state index contributed by atoms with van der Waals surface area (Å²) >= 11 is 0. The van der Waals surface area contributed by atoms with E-state index in [1.807, 2.05) is 0 Å². The predicted molar refractivity (Wildman–Crippen MR) is 237 cm³/mol. The van der Waals surface area contributed by atoms with Crippen molar-refractivity contribution in [3.63, 3.8) is 0 Å². The zero-order chi connectivity index (χ0) is 40.5. The number of hydrogen-bond acceptors (Lipinski definition) is 6. The van der Waals surface area contributed by atoms with E-state index in [-0.39, 0.29) is 10.8 Å². The number of methoxy groups -OCH3 is 4. The molecule has 0 radical (unpaired) electrons. The van der Waals surface area contributed by atoms with Crippen LogP contribution >= 0.6 is 0 Å². The zero-order valence-corrected chi connectivity index (χ0v) is 35.5. The molecule has 3 aliphatic rings. The van der Waals surface area contributed by atoms with Gasteiger partial charge in [0.25, 0.3) is 0 Å². The zero-order valence-electron chi connectivity index (χ0n) is 35.5. The first-order valence-electron chi connectivity index (χ1n) is 20.3. The lowest BCUT2D eigenvalue weighted by molar-refractivity contribution is 0.354. The summed E-state index contributed by atoms with van der Waals surface area (Å²) in [5.74, 6) is 3.03.